The fourth-order valence-electron chi connectivity index (χ4n) is 4.62. The number of esters is 2. The van der Waals surface area contributed by atoms with Crippen LogP contribution in [0.2, 0.25) is 0 Å². The largest absolute Gasteiger partial charge is 0.463 e. The van der Waals surface area contributed by atoms with E-state index in [9.17, 15) is 9.59 Å². The molecule has 0 N–H and O–H groups in total. The zero-order chi connectivity index (χ0) is 39.8. The molecule has 15 nitrogen and oxygen atoms in total. The van der Waals surface area contributed by atoms with Crippen molar-refractivity contribution in [3.05, 3.63) is 0 Å². The standard InChI is InChI=1S/C40H78O15/c1-3-5-7-9-11-13-39(41)54-37-35-52-33-31-50-29-27-48-25-23-46-21-19-44-17-15-43-16-18-45-20-22-47-24-26-49-28-30-51-32-34-53-36-38-55-40(42)14-12-10-8-6-4-2/h3-38H2,1-2H3. The van der Waals surface area contributed by atoms with Crippen molar-refractivity contribution in [2.75, 3.05) is 159 Å². The molecule has 0 aromatic heterocycles. The highest BCUT2D eigenvalue weighted by atomic mass is 16.6. The lowest BCUT2D eigenvalue weighted by Crippen LogP contribution is -2.16. The van der Waals surface area contributed by atoms with Crippen LogP contribution in [0.4, 0.5) is 0 Å². The summed E-state index contributed by atoms with van der Waals surface area (Å²) in [4.78, 5) is 23.3. The molecular formula is C40H78O15. The third-order valence-corrected chi connectivity index (χ3v) is 7.67. The molecule has 0 saturated heterocycles. The first kappa shape index (κ1) is 53.5. The Morgan fingerprint density at radius 2 is 0.436 bits per heavy atom. The molecule has 0 aromatic carbocycles. The molecule has 0 aliphatic rings. The van der Waals surface area contributed by atoms with Crippen molar-refractivity contribution < 1.29 is 71.2 Å². The van der Waals surface area contributed by atoms with Crippen LogP contribution in [0, 0.1) is 0 Å². The minimum Gasteiger partial charge on any atom is -0.463 e. The fourth-order valence-corrected chi connectivity index (χ4v) is 4.62. The van der Waals surface area contributed by atoms with E-state index in [0.717, 1.165) is 25.7 Å². The molecule has 0 fully saturated rings. The number of rotatable bonds is 48. The molecule has 55 heavy (non-hydrogen) atoms. The molecule has 0 aliphatic heterocycles. The van der Waals surface area contributed by atoms with Gasteiger partial charge in [0, 0.05) is 12.8 Å². The van der Waals surface area contributed by atoms with Crippen LogP contribution in [-0.2, 0) is 71.2 Å². The predicted octanol–water partition coefficient (Wildman–Crippen LogP) is 4.98. The van der Waals surface area contributed by atoms with E-state index in [1.54, 1.807) is 0 Å². The van der Waals surface area contributed by atoms with Crippen molar-refractivity contribution in [1.29, 1.82) is 0 Å². The van der Waals surface area contributed by atoms with Crippen LogP contribution in [0.15, 0.2) is 0 Å². The first-order chi connectivity index (χ1) is 27.2. The fraction of sp³-hybridized carbons (Fsp3) is 0.950. The summed E-state index contributed by atoms with van der Waals surface area (Å²) < 4.78 is 70.5. The van der Waals surface area contributed by atoms with E-state index in [-0.39, 0.29) is 25.2 Å². The molecule has 0 aliphatic carbocycles. The molecule has 0 aromatic rings. The van der Waals surface area contributed by atoms with Crippen LogP contribution in [0.25, 0.3) is 0 Å². The van der Waals surface area contributed by atoms with Crippen molar-refractivity contribution in [3.63, 3.8) is 0 Å². The van der Waals surface area contributed by atoms with Crippen LogP contribution in [0.1, 0.15) is 90.9 Å². The zero-order valence-electron chi connectivity index (χ0n) is 34.6. The SMILES string of the molecule is CCCCCCCC(=O)OCCOCCOCCOCCOCCOCCOCCOCCOCCOCCOCCOCCOC(=O)CCCCCCC. The molecule has 328 valence electrons. The van der Waals surface area contributed by atoms with E-state index in [1.807, 2.05) is 0 Å². The maximum absolute atomic E-state index is 11.6. The molecular weight excluding hydrogens is 720 g/mol. The van der Waals surface area contributed by atoms with Crippen molar-refractivity contribution in [2.45, 2.75) is 90.9 Å². The van der Waals surface area contributed by atoms with Crippen molar-refractivity contribution >= 4 is 11.9 Å². The number of hydrogen-bond acceptors (Lipinski definition) is 15. The first-order valence-electron chi connectivity index (χ1n) is 20.9. The molecule has 0 rings (SSSR count). The monoisotopic (exact) mass is 799 g/mol. The normalized spacial score (nSPS) is 11.4. The van der Waals surface area contributed by atoms with E-state index in [0.29, 0.717) is 158 Å². The number of carbonyl (C=O) groups is 2. The van der Waals surface area contributed by atoms with Gasteiger partial charge in [-0.3, -0.25) is 9.59 Å². The highest BCUT2D eigenvalue weighted by molar-refractivity contribution is 5.69. The Kier molecular flexibility index (Phi) is 47.3. The lowest BCUT2D eigenvalue weighted by molar-refractivity contribution is -0.146. The minimum absolute atomic E-state index is 0.150. The van der Waals surface area contributed by atoms with Gasteiger partial charge >= 0.3 is 11.9 Å². The third-order valence-electron chi connectivity index (χ3n) is 7.67. The Bertz CT molecular complexity index is 702. The summed E-state index contributed by atoms with van der Waals surface area (Å²) in [5, 5.41) is 0. The highest BCUT2D eigenvalue weighted by Crippen LogP contribution is 2.06. The number of unbranched alkanes of at least 4 members (excludes halogenated alkanes) is 8. The topological polar surface area (TPSA) is 154 Å². The second-order valence-corrected chi connectivity index (χ2v) is 12.5. The number of ether oxygens (including phenoxy) is 13. The van der Waals surface area contributed by atoms with Crippen LogP contribution in [0.5, 0.6) is 0 Å². The summed E-state index contributed by atoms with van der Waals surface area (Å²) in [5.41, 5.74) is 0. The summed E-state index contributed by atoms with van der Waals surface area (Å²) >= 11 is 0. The first-order valence-corrected chi connectivity index (χ1v) is 20.9. The Hall–Kier alpha value is -1.50. The van der Waals surface area contributed by atoms with Gasteiger partial charge in [0.15, 0.2) is 0 Å². The zero-order valence-corrected chi connectivity index (χ0v) is 34.6. The van der Waals surface area contributed by atoms with Crippen LogP contribution >= 0.6 is 0 Å². The van der Waals surface area contributed by atoms with Gasteiger partial charge in [-0.05, 0) is 12.8 Å². The summed E-state index contributed by atoms with van der Waals surface area (Å²) in [7, 11) is 0. The van der Waals surface area contributed by atoms with Gasteiger partial charge in [-0.1, -0.05) is 65.2 Å². The molecule has 0 radical (unpaired) electrons. The molecule has 0 bridgehead atoms. The number of carbonyl (C=O) groups excluding carboxylic acids is 2. The summed E-state index contributed by atoms with van der Waals surface area (Å²) in [6.45, 7) is 15.3. The van der Waals surface area contributed by atoms with Crippen molar-refractivity contribution in [3.8, 4) is 0 Å². The van der Waals surface area contributed by atoms with Crippen molar-refractivity contribution in [1.82, 2.24) is 0 Å². The smallest absolute Gasteiger partial charge is 0.305 e. The van der Waals surface area contributed by atoms with Gasteiger partial charge in [0.05, 0.1) is 145 Å². The van der Waals surface area contributed by atoms with Gasteiger partial charge in [-0.2, -0.15) is 0 Å². The van der Waals surface area contributed by atoms with Gasteiger partial charge in [0.2, 0.25) is 0 Å². The van der Waals surface area contributed by atoms with Gasteiger partial charge < -0.3 is 61.6 Å². The average molecular weight is 799 g/mol. The Labute approximate surface area is 332 Å². The van der Waals surface area contributed by atoms with Gasteiger partial charge in [0.1, 0.15) is 13.2 Å². The van der Waals surface area contributed by atoms with E-state index in [4.69, 9.17) is 61.6 Å². The summed E-state index contributed by atoms with van der Waals surface area (Å²) in [6.07, 6.45) is 12.1. The molecule has 0 amide bonds. The second kappa shape index (κ2) is 48.6. The van der Waals surface area contributed by atoms with E-state index >= 15 is 0 Å². The Morgan fingerprint density at radius 1 is 0.255 bits per heavy atom. The minimum atomic E-state index is -0.150. The second-order valence-electron chi connectivity index (χ2n) is 12.5. The quantitative estimate of drug-likeness (QED) is 0.0601. The predicted molar refractivity (Wildman–Crippen MR) is 208 cm³/mol. The third kappa shape index (κ3) is 48.6. The molecule has 0 atom stereocenters. The molecule has 0 saturated carbocycles. The van der Waals surface area contributed by atoms with Crippen molar-refractivity contribution in [2.24, 2.45) is 0 Å². The van der Waals surface area contributed by atoms with Gasteiger partial charge in [-0.25, -0.2) is 0 Å². The lowest BCUT2D eigenvalue weighted by Gasteiger charge is -2.09. The van der Waals surface area contributed by atoms with E-state index in [2.05, 4.69) is 13.8 Å². The summed E-state index contributed by atoms with van der Waals surface area (Å²) in [6, 6.07) is 0. The van der Waals surface area contributed by atoms with Crippen LogP contribution < -0.4 is 0 Å². The Morgan fingerprint density at radius 3 is 0.636 bits per heavy atom. The molecule has 0 heterocycles. The van der Waals surface area contributed by atoms with Gasteiger partial charge in [-0.15, -0.1) is 0 Å². The van der Waals surface area contributed by atoms with Crippen LogP contribution in [0.3, 0.4) is 0 Å². The Balaban J connectivity index is 3.12. The summed E-state index contributed by atoms with van der Waals surface area (Å²) in [5.74, 6) is -0.301. The molecule has 0 unspecified atom stereocenters. The molecule has 0 spiro atoms. The van der Waals surface area contributed by atoms with E-state index in [1.165, 1.54) is 38.5 Å². The average Bonchev–Trinajstić information content (AvgIpc) is 3.19. The lowest BCUT2D eigenvalue weighted by atomic mass is 10.1. The molecule has 15 heteroatoms. The maximum Gasteiger partial charge on any atom is 0.305 e. The number of hydrogen-bond donors (Lipinski definition) is 0. The van der Waals surface area contributed by atoms with E-state index < -0.39 is 0 Å². The van der Waals surface area contributed by atoms with Gasteiger partial charge in [0.25, 0.3) is 0 Å². The maximum atomic E-state index is 11.6. The van der Waals surface area contributed by atoms with Crippen LogP contribution in [-0.4, -0.2) is 171 Å². The highest BCUT2D eigenvalue weighted by Gasteiger charge is 2.04.